The van der Waals surface area contributed by atoms with Gasteiger partial charge in [-0.05, 0) is 18.6 Å². The van der Waals surface area contributed by atoms with E-state index in [-0.39, 0.29) is 12.1 Å². The molecule has 0 unspecified atom stereocenters. The molecule has 14 heavy (non-hydrogen) atoms. The molecule has 0 saturated carbocycles. The largest absolute Gasteiger partial charge is 0.459 e. The second-order valence-electron chi connectivity index (χ2n) is 3.08. The van der Waals surface area contributed by atoms with E-state index in [1.165, 1.54) is 6.92 Å². The maximum atomic E-state index is 10.6. The zero-order valence-electron chi connectivity index (χ0n) is 8.44. The van der Waals surface area contributed by atoms with Crippen LogP contribution in [-0.2, 0) is 9.53 Å². The van der Waals surface area contributed by atoms with Crippen molar-refractivity contribution < 1.29 is 9.53 Å². The van der Waals surface area contributed by atoms with Crippen LogP contribution in [0.2, 0.25) is 0 Å². The van der Waals surface area contributed by atoms with Gasteiger partial charge in [-0.15, -0.1) is 0 Å². The van der Waals surface area contributed by atoms with E-state index in [0.717, 1.165) is 5.56 Å². The number of rotatable bonds is 3. The van der Waals surface area contributed by atoms with Gasteiger partial charge < -0.3 is 4.74 Å². The lowest BCUT2D eigenvalue weighted by molar-refractivity contribution is -0.143. The van der Waals surface area contributed by atoms with Crippen LogP contribution in [0.15, 0.2) is 36.4 Å². The fourth-order valence-corrected chi connectivity index (χ4v) is 1.11. The molecule has 0 N–H and O–H groups in total. The van der Waals surface area contributed by atoms with Crippen molar-refractivity contribution in [3.8, 4) is 0 Å². The molecular weight excluding hydrogens is 176 g/mol. The Hall–Kier alpha value is -1.57. The molecule has 1 aromatic carbocycles. The van der Waals surface area contributed by atoms with Crippen LogP contribution < -0.4 is 0 Å². The van der Waals surface area contributed by atoms with Crippen LogP contribution in [0.25, 0.3) is 6.08 Å². The molecule has 0 heterocycles. The first-order chi connectivity index (χ1) is 6.68. The summed E-state index contributed by atoms with van der Waals surface area (Å²) in [5, 5.41) is 0. The fraction of sp³-hybridized carbons (Fsp3) is 0.250. The van der Waals surface area contributed by atoms with Gasteiger partial charge in [0.25, 0.3) is 0 Å². The zero-order valence-corrected chi connectivity index (χ0v) is 8.44. The fourth-order valence-electron chi connectivity index (χ4n) is 1.11. The number of carbonyl (C=O) groups is 1. The normalized spacial score (nSPS) is 12.7. The van der Waals surface area contributed by atoms with E-state index in [1.807, 2.05) is 49.4 Å². The molecule has 0 radical (unpaired) electrons. The first-order valence-corrected chi connectivity index (χ1v) is 4.59. The summed E-state index contributed by atoms with van der Waals surface area (Å²) in [6, 6.07) is 9.90. The molecule has 74 valence electrons. The Labute approximate surface area is 84.2 Å². The molecule has 1 atom stereocenters. The standard InChI is InChI=1S/C12H14O2/c1-10(14-11(2)13)8-9-12-6-4-3-5-7-12/h3-10H,1-2H3/b9-8+/t10-/m0/s1. The third-order valence-electron chi connectivity index (χ3n) is 1.71. The molecule has 0 aliphatic rings. The smallest absolute Gasteiger partial charge is 0.303 e. The number of hydrogen-bond donors (Lipinski definition) is 0. The van der Waals surface area contributed by atoms with E-state index < -0.39 is 0 Å². The molecule has 0 spiro atoms. The molecule has 0 aliphatic carbocycles. The number of benzene rings is 1. The number of hydrogen-bond acceptors (Lipinski definition) is 2. The van der Waals surface area contributed by atoms with Crippen molar-refractivity contribution in [1.29, 1.82) is 0 Å². The van der Waals surface area contributed by atoms with Crippen LogP contribution in [0.1, 0.15) is 19.4 Å². The quantitative estimate of drug-likeness (QED) is 0.685. The Balaban J connectivity index is 2.52. The molecule has 0 fully saturated rings. The van der Waals surface area contributed by atoms with Crippen molar-refractivity contribution >= 4 is 12.0 Å². The highest BCUT2D eigenvalue weighted by Crippen LogP contribution is 2.03. The van der Waals surface area contributed by atoms with Gasteiger partial charge in [0.15, 0.2) is 0 Å². The van der Waals surface area contributed by atoms with Gasteiger partial charge in [0.2, 0.25) is 0 Å². The highest BCUT2D eigenvalue weighted by atomic mass is 16.5. The highest BCUT2D eigenvalue weighted by Gasteiger charge is 1.98. The van der Waals surface area contributed by atoms with Crippen LogP contribution in [0, 0.1) is 0 Å². The molecular formula is C12H14O2. The highest BCUT2D eigenvalue weighted by molar-refractivity contribution is 5.66. The summed E-state index contributed by atoms with van der Waals surface area (Å²) in [5.41, 5.74) is 1.10. The topological polar surface area (TPSA) is 26.3 Å². The van der Waals surface area contributed by atoms with Gasteiger partial charge in [-0.3, -0.25) is 4.79 Å². The maximum Gasteiger partial charge on any atom is 0.303 e. The Morgan fingerprint density at radius 2 is 2.00 bits per heavy atom. The van der Waals surface area contributed by atoms with Gasteiger partial charge in [-0.1, -0.05) is 36.4 Å². The predicted molar refractivity (Wildman–Crippen MR) is 56.7 cm³/mol. The van der Waals surface area contributed by atoms with Gasteiger partial charge in [0.1, 0.15) is 6.10 Å². The summed E-state index contributed by atoms with van der Waals surface area (Å²) in [5.74, 6) is -0.254. The van der Waals surface area contributed by atoms with Gasteiger partial charge in [0, 0.05) is 6.92 Å². The molecule has 0 aromatic heterocycles. The van der Waals surface area contributed by atoms with Crippen molar-refractivity contribution in [2.45, 2.75) is 20.0 Å². The van der Waals surface area contributed by atoms with E-state index in [9.17, 15) is 4.79 Å². The van der Waals surface area contributed by atoms with E-state index >= 15 is 0 Å². The molecule has 0 saturated heterocycles. The van der Waals surface area contributed by atoms with Crippen LogP contribution in [0.3, 0.4) is 0 Å². The minimum Gasteiger partial charge on any atom is -0.459 e. The van der Waals surface area contributed by atoms with E-state index in [1.54, 1.807) is 0 Å². The summed E-state index contributed by atoms with van der Waals surface area (Å²) in [6.07, 6.45) is 3.62. The van der Waals surface area contributed by atoms with Crippen molar-refractivity contribution in [3.05, 3.63) is 42.0 Å². The average Bonchev–Trinajstić information content (AvgIpc) is 2.15. The maximum absolute atomic E-state index is 10.6. The van der Waals surface area contributed by atoms with E-state index in [2.05, 4.69) is 0 Å². The first kappa shape index (κ1) is 10.5. The Morgan fingerprint density at radius 3 is 2.57 bits per heavy atom. The minimum atomic E-state index is -0.254. The van der Waals surface area contributed by atoms with Crippen LogP contribution in [-0.4, -0.2) is 12.1 Å². The predicted octanol–water partition coefficient (Wildman–Crippen LogP) is 2.65. The van der Waals surface area contributed by atoms with Gasteiger partial charge in [0.05, 0.1) is 0 Å². The Morgan fingerprint density at radius 1 is 1.36 bits per heavy atom. The second-order valence-corrected chi connectivity index (χ2v) is 3.08. The summed E-state index contributed by atoms with van der Waals surface area (Å²) >= 11 is 0. The third kappa shape index (κ3) is 3.90. The number of carbonyl (C=O) groups excluding carboxylic acids is 1. The second kappa shape index (κ2) is 5.22. The van der Waals surface area contributed by atoms with Gasteiger partial charge in [-0.25, -0.2) is 0 Å². The van der Waals surface area contributed by atoms with Crippen molar-refractivity contribution in [1.82, 2.24) is 0 Å². The molecule has 1 aromatic rings. The van der Waals surface area contributed by atoms with Crippen molar-refractivity contribution in [3.63, 3.8) is 0 Å². The Bertz CT molecular complexity index is 314. The van der Waals surface area contributed by atoms with E-state index in [4.69, 9.17) is 4.74 Å². The molecule has 1 rings (SSSR count). The SMILES string of the molecule is CC(=O)O[C@@H](C)/C=C/c1ccccc1. The summed E-state index contributed by atoms with van der Waals surface area (Å²) in [4.78, 5) is 10.6. The lowest BCUT2D eigenvalue weighted by atomic mass is 10.2. The minimum absolute atomic E-state index is 0.173. The lowest BCUT2D eigenvalue weighted by Crippen LogP contribution is -2.08. The van der Waals surface area contributed by atoms with Crippen molar-refractivity contribution in [2.75, 3.05) is 0 Å². The average molecular weight is 190 g/mol. The third-order valence-corrected chi connectivity index (χ3v) is 1.71. The molecule has 0 bridgehead atoms. The summed E-state index contributed by atoms with van der Waals surface area (Å²) < 4.78 is 4.95. The molecule has 2 heteroatoms. The van der Waals surface area contributed by atoms with Gasteiger partial charge >= 0.3 is 5.97 Å². The van der Waals surface area contributed by atoms with Crippen LogP contribution >= 0.6 is 0 Å². The first-order valence-electron chi connectivity index (χ1n) is 4.59. The number of esters is 1. The zero-order chi connectivity index (χ0) is 10.4. The van der Waals surface area contributed by atoms with Crippen LogP contribution in [0.4, 0.5) is 0 Å². The Kier molecular flexibility index (Phi) is 3.92. The van der Waals surface area contributed by atoms with Crippen molar-refractivity contribution in [2.24, 2.45) is 0 Å². The van der Waals surface area contributed by atoms with Crippen LogP contribution in [0.5, 0.6) is 0 Å². The molecule has 0 aliphatic heterocycles. The monoisotopic (exact) mass is 190 g/mol. The number of ether oxygens (including phenoxy) is 1. The molecule has 0 amide bonds. The van der Waals surface area contributed by atoms with Gasteiger partial charge in [-0.2, -0.15) is 0 Å². The van der Waals surface area contributed by atoms with E-state index in [0.29, 0.717) is 0 Å². The molecule has 2 nitrogen and oxygen atoms in total. The summed E-state index contributed by atoms with van der Waals surface area (Å²) in [7, 11) is 0. The summed E-state index contributed by atoms with van der Waals surface area (Å²) in [6.45, 7) is 3.24. The lowest BCUT2D eigenvalue weighted by Gasteiger charge is -2.05.